The molecule has 0 aliphatic heterocycles. The van der Waals surface area contributed by atoms with Crippen LogP contribution in [0.2, 0.25) is 0 Å². The van der Waals surface area contributed by atoms with E-state index < -0.39 is 0 Å². The number of anilines is 3. The fourth-order valence-electron chi connectivity index (χ4n) is 2.21. The highest BCUT2D eigenvalue weighted by Gasteiger charge is 2.11. The Hall–Kier alpha value is -2.36. The average Bonchev–Trinajstić information content (AvgIpc) is 2.45. The van der Waals surface area contributed by atoms with Crippen molar-refractivity contribution in [2.45, 2.75) is 20.8 Å². The molecule has 0 amide bonds. The smallest absolute Gasteiger partial charge is 0.225 e. The van der Waals surface area contributed by atoms with Gasteiger partial charge in [-0.25, -0.2) is 4.98 Å². The quantitative estimate of drug-likeness (QED) is 0.817. The minimum absolute atomic E-state index is 0.635. The van der Waals surface area contributed by atoms with E-state index in [2.05, 4.69) is 64.9 Å². The van der Waals surface area contributed by atoms with Crippen molar-refractivity contribution < 1.29 is 0 Å². The summed E-state index contributed by atoms with van der Waals surface area (Å²) in [6.07, 6.45) is 1.80. The van der Waals surface area contributed by atoms with Crippen LogP contribution in [0.3, 0.4) is 0 Å². The van der Waals surface area contributed by atoms with Crippen LogP contribution < -0.4 is 10.2 Å². The van der Waals surface area contributed by atoms with Crippen LogP contribution in [0.4, 0.5) is 17.5 Å². The molecular weight excluding hydrogens is 260 g/mol. The topological polar surface area (TPSA) is 41.1 Å². The minimum atomic E-state index is 0.635. The third-order valence-corrected chi connectivity index (χ3v) is 3.15. The first-order chi connectivity index (χ1) is 10.1. The molecular formula is C17H22N4. The van der Waals surface area contributed by atoms with Gasteiger partial charge in [-0.1, -0.05) is 18.2 Å². The second kappa shape index (κ2) is 6.88. The maximum absolute atomic E-state index is 4.60. The standard InChI is InChI=1S/C17H22N4/c1-5-10-18-17-19-14(4)12-16(20-17)21(6-2)15-9-7-8-13(3)11-15/h5,7-9,11-12H,1,6,10H2,2-4H3,(H,18,19,20). The zero-order chi connectivity index (χ0) is 15.2. The molecule has 2 aromatic rings. The predicted octanol–water partition coefficient (Wildman–Crippen LogP) is 3.85. The van der Waals surface area contributed by atoms with E-state index in [4.69, 9.17) is 0 Å². The number of aryl methyl sites for hydroxylation is 2. The monoisotopic (exact) mass is 282 g/mol. The highest BCUT2D eigenvalue weighted by Crippen LogP contribution is 2.25. The normalized spacial score (nSPS) is 10.2. The third kappa shape index (κ3) is 3.81. The number of hydrogen-bond acceptors (Lipinski definition) is 4. The first kappa shape index (κ1) is 15.0. The lowest BCUT2D eigenvalue weighted by Crippen LogP contribution is -2.19. The van der Waals surface area contributed by atoms with Crippen LogP contribution in [-0.4, -0.2) is 23.1 Å². The van der Waals surface area contributed by atoms with Crippen molar-refractivity contribution in [3.05, 3.63) is 54.2 Å². The molecule has 4 nitrogen and oxygen atoms in total. The molecule has 0 radical (unpaired) electrons. The van der Waals surface area contributed by atoms with Crippen molar-refractivity contribution in [2.75, 3.05) is 23.3 Å². The first-order valence-corrected chi connectivity index (χ1v) is 7.18. The van der Waals surface area contributed by atoms with Crippen LogP contribution in [0.1, 0.15) is 18.2 Å². The van der Waals surface area contributed by atoms with Gasteiger partial charge >= 0.3 is 0 Å². The maximum Gasteiger partial charge on any atom is 0.225 e. The molecule has 0 fully saturated rings. The van der Waals surface area contributed by atoms with E-state index in [0.29, 0.717) is 12.5 Å². The fraction of sp³-hybridized carbons (Fsp3) is 0.294. The molecule has 21 heavy (non-hydrogen) atoms. The van der Waals surface area contributed by atoms with Crippen molar-refractivity contribution in [3.63, 3.8) is 0 Å². The highest BCUT2D eigenvalue weighted by atomic mass is 15.2. The van der Waals surface area contributed by atoms with Gasteiger partial charge in [0.15, 0.2) is 0 Å². The molecule has 0 bridgehead atoms. The second-order valence-corrected chi connectivity index (χ2v) is 4.94. The van der Waals surface area contributed by atoms with E-state index >= 15 is 0 Å². The number of rotatable bonds is 6. The van der Waals surface area contributed by atoms with E-state index in [9.17, 15) is 0 Å². The molecule has 0 saturated carbocycles. The van der Waals surface area contributed by atoms with Crippen molar-refractivity contribution >= 4 is 17.5 Å². The molecule has 0 spiro atoms. The summed E-state index contributed by atoms with van der Waals surface area (Å²) < 4.78 is 0. The number of nitrogens with one attached hydrogen (secondary N) is 1. The van der Waals surface area contributed by atoms with Gasteiger partial charge in [0.25, 0.3) is 0 Å². The Morgan fingerprint density at radius 1 is 1.24 bits per heavy atom. The molecule has 1 heterocycles. The van der Waals surface area contributed by atoms with Gasteiger partial charge in [-0.2, -0.15) is 4.98 Å². The number of hydrogen-bond donors (Lipinski definition) is 1. The van der Waals surface area contributed by atoms with E-state index in [-0.39, 0.29) is 0 Å². The summed E-state index contributed by atoms with van der Waals surface area (Å²) in [7, 11) is 0. The lowest BCUT2D eigenvalue weighted by Gasteiger charge is -2.23. The van der Waals surface area contributed by atoms with E-state index in [0.717, 1.165) is 23.7 Å². The number of aromatic nitrogens is 2. The Bertz CT molecular complexity index is 622. The zero-order valence-corrected chi connectivity index (χ0v) is 12.9. The van der Waals surface area contributed by atoms with Crippen LogP contribution in [0.25, 0.3) is 0 Å². The van der Waals surface area contributed by atoms with Gasteiger partial charge in [0.05, 0.1) is 0 Å². The molecule has 0 atom stereocenters. The SMILES string of the molecule is C=CCNc1nc(C)cc(N(CC)c2cccc(C)c2)n1. The lowest BCUT2D eigenvalue weighted by molar-refractivity contribution is 0.963. The van der Waals surface area contributed by atoms with Gasteiger partial charge in [0.2, 0.25) is 5.95 Å². The van der Waals surface area contributed by atoms with Crippen molar-refractivity contribution in [2.24, 2.45) is 0 Å². The number of benzene rings is 1. The van der Waals surface area contributed by atoms with Crippen LogP contribution >= 0.6 is 0 Å². The van der Waals surface area contributed by atoms with Gasteiger partial charge in [0.1, 0.15) is 5.82 Å². The Morgan fingerprint density at radius 3 is 2.71 bits per heavy atom. The molecule has 0 saturated heterocycles. The van der Waals surface area contributed by atoms with Crippen LogP contribution in [0.15, 0.2) is 43.0 Å². The van der Waals surface area contributed by atoms with E-state index in [1.165, 1.54) is 5.56 Å². The largest absolute Gasteiger partial charge is 0.351 e. The Morgan fingerprint density at radius 2 is 2.05 bits per heavy atom. The average molecular weight is 282 g/mol. The Balaban J connectivity index is 2.37. The summed E-state index contributed by atoms with van der Waals surface area (Å²) in [6.45, 7) is 11.4. The molecule has 0 aliphatic rings. The van der Waals surface area contributed by atoms with Crippen molar-refractivity contribution in [1.82, 2.24) is 9.97 Å². The zero-order valence-electron chi connectivity index (χ0n) is 12.9. The maximum atomic E-state index is 4.60. The second-order valence-electron chi connectivity index (χ2n) is 4.94. The highest BCUT2D eigenvalue weighted by molar-refractivity contribution is 5.61. The van der Waals surface area contributed by atoms with Crippen LogP contribution in [0.5, 0.6) is 0 Å². The Labute approximate surface area is 126 Å². The van der Waals surface area contributed by atoms with Gasteiger partial charge in [-0.3, -0.25) is 0 Å². The number of nitrogens with zero attached hydrogens (tertiary/aromatic N) is 3. The summed E-state index contributed by atoms with van der Waals surface area (Å²) in [4.78, 5) is 11.2. The van der Waals surface area contributed by atoms with Crippen LogP contribution in [0, 0.1) is 13.8 Å². The Kier molecular flexibility index (Phi) is 4.93. The molecule has 0 aliphatic carbocycles. The molecule has 1 N–H and O–H groups in total. The fourth-order valence-corrected chi connectivity index (χ4v) is 2.21. The van der Waals surface area contributed by atoms with Crippen LogP contribution in [-0.2, 0) is 0 Å². The van der Waals surface area contributed by atoms with E-state index in [1.807, 2.05) is 13.0 Å². The molecule has 1 aromatic heterocycles. The summed E-state index contributed by atoms with van der Waals surface area (Å²) in [6, 6.07) is 10.4. The molecule has 4 heteroatoms. The van der Waals surface area contributed by atoms with E-state index in [1.54, 1.807) is 6.08 Å². The summed E-state index contributed by atoms with van der Waals surface area (Å²) in [5.41, 5.74) is 3.32. The molecule has 2 rings (SSSR count). The van der Waals surface area contributed by atoms with Gasteiger partial charge in [0, 0.05) is 30.5 Å². The van der Waals surface area contributed by atoms with Gasteiger partial charge in [-0.05, 0) is 38.5 Å². The van der Waals surface area contributed by atoms with Gasteiger partial charge in [-0.15, -0.1) is 6.58 Å². The summed E-state index contributed by atoms with van der Waals surface area (Å²) in [5, 5.41) is 3.15. The third-order valence-electron chi connectivity index (χ3n) is 3.15. The molecule has 1 aromatic carbocycles. The summed E-state index contributed by atoms with van der Waals surface area (Å²) >= 11 is 0. The lowest BCUT2D eigenvalue weighted by atomic mass is 10.2. The van der Waals surface area contributed by atoms with Crippen molar-refractivity contribution in [3.8, 4) is 0 Å². The predicted molar refractivity (Wildman–Crippen MR) is 89.3 cm³/mol. The first-order valence-electron chi connectivity index (χ1n) is 7.18. The summed E-state index contributed by atoms with van der Waals surface area (Å²) in [5.74, 6) is 1.54. The van der Waals surface area contributed by atoms with Crippen molar-refractivity contribution in [1.29, 1.82) is 0 Å². The molecule has 0 unspecified atom stereocenters. The molecule has 110 valence electrons. The minimum Gasteiger partial charge on any atom is -0.351 e. The van der Waals surface area contributed by atoms with Gasteiger partial charge < -0.3 is 10.2 Å².